The summed E-state index contributed by atoms with van der Waals surface area (Å²) >= 11 is 2.99. The van der Waals surface area contributed by atoms with Crippen molar-refractivity contribution in [1.29, 1.82) is 0 Å². The first kappa shape index (κ1) is 13.2. The molecule has 0 fully saturated rings. The van der Waals surface area contributed by atoms with Gasteiger partial charge >= 0.3 is 0 Å². The van der Waals surface area contributed by atoms with Crippen LogP contribution in [-0.2, 0) is 0 Å². The monoisotopic (exact) mass is 326 g/mol. The van der Waals surface area contributed by atoms with Gasteiger partial charge in [0.05, 0.1) is 0 Å². The molecule has 4 nitrogen and oxygen atoms in total. The van der Waals surface area contributed by atoms with Gasteiger partial charge in [-0.1, -0.05) is 46.9 Å². The van der Waals surface area contributed by atoms with Crippen LogP contribution >= 0.6 is 22.7 Å². The summed E-state index contributed by atoms with van der Waals surface area (Å²) in [7, 11) is 0. The molecular weight excluding hydrogens is 316 g/mol. The number of phenols is 2. The number of phenolic OH excluding ortho intramolecular Hbond substituents is 2. The molecule has 6 heteroatoms. The molecule has 0 saturated heterocycles. The van der Waals surface area contributed by atoms with Crippen LogP contribution in [0.25, 0.3) is 30.8 Å². The first-order valence-electron chi connectivity index (χ1n) is 6.55. The first-order valence-corrected chi connectivity index (χ1v) is 8.18. The minimum atomic E-state index is 0.226. The van der Waals surface area contributed by atoms with Gasteiger partial charge in [0, 0.05) is 11.1 Å². The van der Waals surface area contributed by atoms with Crippen LogP contribution in [0.15, 0.2) is 48.5 Å². The normalized spacial score (nSPS) is 11.1. The SMILES string of the molecule is Oc1cccc(-c2nc3sc(-c4cccc(O)c4)nc3s2)c1. The summed E-state index contributed by atoms with van der Waals surface area (Å²) in [5, 5.41) is 20.8. The minimum absolute atomic E-state index is 0.226. The highest BCUT2D eigenvalue weighted by Gasteiger charge is 2.13. The predicted molar refractivity (Wildman–Crippen MR) is 89.5 cm³/mol. The van der Waals surface area contributed by atoms with Crippen LogP contribution in [0, 0.1) is 0 Å². The number of nitrogens with zero attached hydrogens (tertiary/aromatic N) is 2. The van der Waals surface area contributed by atoms with Crippen molar-refractivity contribution < 1.29 is 10.2 Å². The van der Waals surface area contributed by atoms with Crippen molar-refractivity contribution in [2.75, 3.05) is 0 Å². The Morgan fingerprint density at radius 2 is 1.14 bits per heavy atom. The molecule has 0 aliphatic rings. The predicted octanol–water partition coefficient (Wildman–Crippen LogP) is 4.50. The topological polar surface area (TPSA) is 66.2 Å². The maximum Gasteiger partial charge on any atom is 0.155 e. The van der Waals surface area contributed by atoms with E-state index >= 15 is 0 Å². The Labute approximate surface area is 134 Å². The van der Waals surface area contributed by atoms with Crippen LogP contribution in [0.4, 0.5) is 0 Å². The molecule has 0 saturated carbocycles. The van der Waals surface area contributed by atoms with Crippen LogP contribution in [-0.4, -0.2) is 20.2 Å². The number of hydrogen-bond donors (Lipinski definition) is 2. The standard InChI is InChI=1S/C16H10N2O2S2/c19-11-5-1-3-9(7-11)13-17-15-16(21-13)18-14(22-15)10-4-2-6-12(20)8-10/h1-8,19-20H. The highest BCUT2D eigenvalue weighted by atomic mass is 32.1. The summed E-state index contributed by atoms with van der Waals surface area (Å²) in [6, 6.07) is 14.1. The summed E-state index contributed by atoms with van der Waals surface area (Å²) < 4.78 is 0. The molecule has 0 amide bonds. The lowest BCUT2D eigenvalue weighted by molar-refractivity contribution is 0.475. The van der Waals surface area contributed by atoms with Crippen molar-refractivity contribution in [2.45, 2.75) is 0 Å². The molecule has 0 unspecified atom stereocenters. The second-order valence-electron chi connectivity index (χ2n) is 4.75. The second-order valence-corrected chi connectivity index (χ2v) is 6.70. The van der Waals surface area contributed by atoms with Gasteiger partial charge in [0.25, 0.3) is 0 Å². The maximum absolute atomic E-state index is 9.56. The first-order chi connectivity index (χ1) is 10.7. The molecule has 108 valence electrons. The number of rotatable bonds is 2. The van der Waals surface area contributed by atoms with Crippen molar-refractivity contribution in [3.8, 4) is 32.6 Å². The lowest BCUT2D eigenvalue weighted by Gasteiger charge is -1.97. The van der Waals surface area contributed by atoms with Crippen molar-refractivity contribution in [2.24, 2.45) is 0 Å². The average molecular weight is 326 g/mol. The molecule has 22 heavy (non-hydrogen) atoms. The van der Waals surface area contributed by atoms with E-state index in [1.165, 1.54) is 22.7 Å². The van der Waals surface area contributed by atoms with Crippen LogP contribution in [0.1, 0.15) is 0 Å². The average Bonchev–Trinajstić information content (AvgIpc) is 3.05. The number of aromatic nitrogens is 2. The van der Waals surface area contributed by atoms with Gasteiger partial charge in [-0.25, -0.2) is 9.97 Å². The van der Waals surface area contributed by atoms with E-state index in [1.807, 2.05) is 12.1 Å². The molecule has 0 aliphatic carbocycles. The zero-order valence-corrected chi connectivity index (χ0v) is 12.9. The van der Waals surface area contributed by atoms with Gasteiger partial charge in [-0.2, -0.15) is 0 Å². The Hall–Kier alpha value is -2.44. The third-order valence-corrected chi connectivity index (χ3v) is 5.29. The molecular formula is C16H10N2O2S2. The van der Waals surface area contributed by atoms with E-state index in [4.69, 9.17) is 0 Å². The van der Waals surface area contributed by atoms with E-state index < -0.39 is 0 Å². The molecule has 0 bridgehead atoms. The van der Waals surface area contributed by atoms with Crippen molar-refractivity contribution >= 4 is 32.3 Å². The fourth-order valence-electron chi connectivity index (χ4n) is 2.17. The molecule has 2 aromatic heterocycles. The molecule has 0 spiro atoms. The van der Waals surface area contributed by atoms with Crippen molar-refractivity contribution in [3.63, 3.8) is 0 Å². The van der Waals surface area contributed by atoms with E-state index in [2.05, 4.69) is 9.97 Å². The number of hydrogen-bond acceptors (Lipinski definition) is 6. The number of fused-ring (bicyclic) bond motifs is 1. The number of benzene rings is 2. The Morgan fingerprint density at radius 3 is 1.55 bits per heavy atom. The summed E-state index contributed by atoms with van der Waals surface area (Å²) in [5.41, 5.74) is 1.77. The summed E-state index contributed by atoms with van der Waals surface area (Å²) in [4.78, 5) is 10.9. The second kappa shape index (κ2) is 5.08. The van der Waals surface area contributed by atoms with Crippen LogP contribution in [0.5, 0.6) is 11.5 Å². The lowest BCUT2D eigenvalue weighted by Crippen LogP contribution is -1.75. The van der Waals surface area contributed by atoms with Crippen LogP contribution < -0.4 is 0 Å². The third kappa shape index (κ3) is 2.32. The Bertz CT molecular complexity index is 869. The Kier molecular flexibility index (Phi) is 3.06. The van der Waals surface area contributed by atoms with Gasteiger partial charge in [0.1, 0.15) is 21.5 Å². The fraction of sp³-hybridized carbons (Fsp3) is 0. The summed E-state index contributed by atoms with van der Waals surface area (Å²) in [6.45, 7) is 0. The van der Waals surface area contributed by atoms with Gasteiger partial charge in [-0.15, -0.1) is 0 Å². The highest BCUT2D eigenvalue weighted by Crippen LogP contribution is 2.37. The van der Waals surface area contributed by atoms with E-state index in [-0.39, 0.29) is 11.5 Å². The molecule has 0 atom stereocenters. The fourth-order valence-corrected chi connectivity index (χ4v) is 4.20. The molecule has 0 radical (unpaired) electrons. The van der Waals surface area contributed by atoms with Gasteiger partial charge in [-0.3, -0.25) is 0 Å². The molecule has 4 aromatic rings. The van der Waals surface area contributed by atoms with Gasteiger partial charge < -0.3 is 10.2 Å². The molecule has 2 heterocycles. The minimum Gasteiger partial charge on any atom is -0.508 e. The summed E-state index contributed by atoms with van der Waals surface area (Å²) in [5.74, 6) is 0.453. The number of thiazole rings is 2. The largest absolute Gasteiger partial charge is 0.508 e. The lowest BCUT2D eigenvalue weighted by atomic mass is 10.2. The van der Waals surface area contributed by atoms with Gasteiger partial charge in [0.2, 0.25) is 0 Å². The Morgan fingerprint density at radius 1 is 0.682 bits per heavy atom. The van der Waals surface area contributed by atoms with Gasteiger partial charge in [-0.05, 0) is 24.3 Å². The third-order valence-electron chi connectivity index (χ3n) is 3.16. The van der Waals surface area contributed by atoms with Gasteiger partial charge in [0.15, 0.2) is 9.66 Å². The molecule has 2 N–H and O–H groups in total. The van der Waals surface area contributed by atoms with E-state index in [0.29, 0.717) is 0 Å². The zero-order valence-electron chi connectivity index (χ0n) is 11.2. The maximum atomic E-state index is 9.56. The quantitative estimate of drug-likeness (QED) is 0.569. The van der Waals surface area contributed by atoms with E-state index in [1.54, 1.807) is 36.4 Å². The smallest absolute Gasteiger partial charge is 0.155 e. The molecule has 4 rings (SSSR count). The van der Waals surface area contributed by atoms with Crippen LogP contribution in [0.2, 0.25) is 0 Å². The van der Waals surface area contributed by atoms with Crippen molar-refractivity contribution in [1.82, 2.24) is 9.97 Å². The van der Waals surface area contributed by atoms with Crippen LogP contribution in [0.3, 0.4) is 0 Å². The molecule has 2 aromatic carbocycles. The Balaban J connectivity index is 1.77. The number of aromatic hydroxyl groups is 2. The zero-order chi connectivity index (χ0) is 15.1. The van der Waals surface area contributed by atoms with E-state index in [0.717, 1.165) is 30.8 Å². The van der Waals surface area contributed by atoms with Crippen molar-refractivity contribution in [3.05, 3.63) is 48.5 Å². The van der Waals surface area contributed by atoms with E-state index in [9.17, 15) is 10.2 Å². The molecule has 0 aliphatic heterocycles. The highest BCUT2D eigenvalue weighted by molar-refractivity contribution is 7.29. The summed E-state index contributed by atoms with van der Waals surface area (Å²) in [6.07, 6.45) is 0.